The number of nitrogens with zero attached hydrogens (tertiary/aromatic N) is 1. The van der Waals surface area contributed by atoms with E-state index in [-0.39, 0.29) is 5.82 Å². The molecule has 1 fully saturated rings. The zero-order chi connectivity index (χ0) is 10.7. The highest BCUT2D eigenvalue weighted by Crippen LogP contribution is 2.15. The molecule has 0 amide bonds. The number of nitrogens with one attached hydrogen (secondary N) is 1. The van der Waals surface area contributed by atoms with Crippen molar-refractivity contribution in [1.82, 2.24) is 10.2 Å². The standard InChI is InChI=1S/C12H17FN2/c1-14-11-6-7-15(9-11)8-10-4-2-3-5-12(10)13/h2-5,11,14H,6-9H2,1H3. The number of halogens is 1. The van der Waals surface area contributed by atoms with Gasteiger partial charge in [-0.2, -0.15) is 0 Å². The molecule has 82 valence electrons. The van der Waals surface area contributed by atoms with Crippen LogP contribution in [0.5, 0.6) is 0 Å². The second-order valence-corrected chi connectivity index (χ2v) is 4.10. The van der Waals surface area contributed by atoms with E-state index in [0.29, 0.717) is 6.04 Å². The average Bonchev–Trinajstić information content (AvgIpc) is 2.69. The van der Waals surface area contributed by atoms with Crippen LogP contribution in [0.1, 0.15) is 12.0 Å². The zero-order valence-corrected chi connectivity index (χ0v) is 9.04. The Morgan fingerprint density at radius 1 is 1.47 bits per heavy atom. The molecule has 1 aliphatic rings. The molecular formula is C12H17FN2. The van der Waals surface area contributed by atoms with Gasteiger partial charge in [0.15, 0.2) is 0 Å². The molecule has 15 heavy (non-hydrogen) atoms. The first-order valence-corrected chi connectivity index (χ1v) is 5.42. The van der Waals surface area contributed by atoms with Crippen molar-refractivity contribution in [1.29, 1.82) is 0 Å². The lowest BCUT2D eigenvalue weighted by Gasteiger charge is -2.16. The first kappa shape index (κ1) is 10.6. The summed E-state index contributed by atoms with van der Waals surface area (Å²) in [5, 5.41) is 3.26. The van der Waals surface area contributed by atoms with Gasteiger partial charge in [0.2, 0.25) is 0 Å². The van der Waals surface area contributed by atoms with Crippen molar-refractivity contribution in [2.45, 2.75) is 19.0 Å². The smallest absolute Gasteiger partial charge is 0.127 e. The lowest BCUT2D eigenvalue weighted by molar-refractivity contribution is 0.317. The summed E-state index contributed by atoms with van der Waals surface area (Å²) in [4.78, 5) is 2.29. The first-order valence-electron chi connectivity index (χ1n) is 5.42. The van der Waals surface area contributed by atoms with Gasteiger partial charge in [-0.15, -0.1) is 0 Å². The van der Waals surface area contributed by atoms with Crippen LogP contribution < -0.4 is 5.32 Å². The second kappa shape index (κ2) is 4.73. The number of likely N-dealkylation sites (N-methyl/N-ethyl adjacent to an activating group) is 1. The van der Waals surface area contributed by atoms with E-state index in [1.54, 1.807) is 6.07 Å². The van der Waals surface area contributed by atoms with Gasteiger partial charge in [0.25, 0.3) is 0 Å². The van der Waals surface area contributed by atoms with Gasteiger partial charge in [-0.25, -0.2) is 4.39 Å². The van der Waals surface area contributed by atoms with E-state index in [2.05, 4.69) is 10.2 Å². The lowest BCUT2D eigenvalue weighted by Crippen LogP contribution is -2.29. The monoisotopic (exact) mass is 208 g/mol. The molecule has 1 heterocycles. The number of rotatable bonds is 3. The van der Waals surface area contributed by atoms with Crippen LogP contribution >= 0.6 is 0 Å². The summed E-state index contributed by atoms with van der Waals surface area (Å²) >= 11 is 0. The molecule has 1 N–H and O–H groups in total. The van der Waals surface area contributed by atoms with E-state index in [0.717, 1.165) is 31.6 Å². The normalized spacial score (nSPS) is 22.1. The number of hydrogen-bond acceptors (Lipinski definition) is 2. The molecule has 0 saturated carbocycles. The molecule has 2 nitrogen and oxygen atoms in total. The molecule has 0 bridgehead atoms. The summed E-state index contributed by atoms with van der Waals surface area (Å²) in [6.45, 7) is 2.80. The van der Waals surface area contributed by atoms with Crippen molar-refractivity contribution in [3.8, 4) is 0 Å². The van der Waals surface area contributed by atoms with Gasteiger partial charge in [-0.1, -0.05) is 18.2 Å². The van der Waals surface area contributed by atoms with Crippen LogP contribution in [0, 0.1) is 5.82 Å². The van der Waals surface area contributed by atoms with Gasteiger partial charge in [0.1, 0.15) is 5.82 Å². The summed E-state index contributed by atoms with van der Waals surface area (Å²) in [6, 6.07) is 7.59. The van der Waals surface area contributed by atoms with Gasteiger partial charge in [-0.3, -0.25) is 4.90 Å². The van der Waals surface area contributed by atoms with Crippen LogP contribution in [0.25, 0.3) is 0 Å². The van der Waals surface area contributed by atoms with Crippen molar-refractivity contribution < 1.29 is 4.39 Å². The zero-order valence-electron chi connectivity index (χ0n) is 9.04. The molecule has 0 aromatic heterocycles. The minimum atomic E-state index is -0.0922. The van der Waals surface area contributed by atoms with Crippen LogP contribution in [0.4, 0.5) is 4.39 Å². The maximum atomic E-state index is 13.4. The summed E-state index contributed by atoms with van der Waals surface area (Å²) in [5.41, 5.74) is 0.800. The number of benzene rings is 1. The Kier molecular flexibility index (Phi) is 3.34. The van der Waals surface area contributed by atoms with E-state index >= 15 is 0 Å². The van der Waals surface area contributed by atoms with E-state index in [4.69, 9.17) is 0 Å². The Morgan fingerprint density at radius 2 is 2.27 bits per heavy atom. The second-order valence-electron chi connectivity index (χ2n) is 4.10. The fourth-order valence-corrected chi connectivity index (χ4v) is 2.08. The Bertz CT molecular complexity index is 327. The van der Waals surface area contributed by atoms with Crippen molar-refractivity contribution in [3.63, 3.8) is 0 Å². The largest absolute Gasteiger partial charge is 0.316 e. The van der Waals surface area contributed by atoms with Crippen LogP contribution in [0.3, 0.4) is 0 Å². The third kappa shape index (κ3) is 2.55. The Balaban J connectivity index is 1.96. The van der Waals surface area contributed by atoms with Gasteiger partial charge >= 0.3 is 0 Å². The molecule has 1 aromatic rings. The quantitative estimate of drug-likeness (QED) is 0.812. The van der Waals surface area contributed by atoms with E-state index in [9.17, 15) is 4.39 Å². The highest BCUT2D eigenvalue weighted by molar-refractivity contribution is 5.17. The molecule has 0 aliphatic carbocycles. The molecule has 0 radical (unpaired) electrons. The highest BCUT2D eigenvalue weighted by atomic mass is 19.1. The SMILES string of the molecule is CNC1CCN(Cc2ccccc2F)C1. The Morgan fingerprint density at radius 3 is 2.93 bits per heavy atom. The predicted octanol–water partition coefficient (Wildman–Crippen LogP) is 1.62. The molecule has 1 aromatic carbocycles. The summed E-state index contributed by atoms with van der Waals surface area (Å²) in [5.74, 6) is -0.0922. The predicted molar refractivity (Wildman–Crippen MR) is 59.1 cm³/mol. The molecule has 3 heteroatoms. The third-order valence-corrected chi connectivity index (χ3v) is 3.03. The van der Waals surface area contributed by atoms with Gasteiger partial charge < -0.3 is 5.32 Å². The van der Waals surface area contributed by atoms with Gasteiger partial charge in [0, 0.05) is 31.2 Å². The van der Waals surface area contributed by atoms with Crippen molar-refractivity contribution in [3.05, 3.63) is 35.6 Å². The Labute approximate surface area is 90.1 Å². The summed E-state index contributed by atoms with van der Waals surface area (Å²) in [6.07, 6.45) is 1.16. The molecule has 1 unspecified atom stereocenters. The van der Waals surface area contributed by atoms with Crippen LogP contribution in [0.15, 0.2) is 24.3 Å². The van der Waals surface area contributed by atoms with Crippen molar-refractivity contribution >= 4 is 0 Å². The molecule has 0 spiro atoms. The summed E-state index contributed by atoms with van der Waals surface area (Å²) in [7, 11) is 1.98. The maximum Gasteiger partial charge on any atom is 0.127 e. The summed E-state index contributed by atoms with van der Waals surface area (Å²) < 4.78 is 13.4. The van der Waals surface area contributed by atoms with Crippen molar-refractivity contribution in [2.75, 3.05) is 20.1 Å². The third-order valence-electron chi connectivity index (χ3n) is 3.03. The molecule has 1 atom stereocenters. The van der Waals surface area contributed by atoms with Gasteiger partial charge in [0.05, 0.1) is 0 Å². The molecular weight excluding hydrogens is 191 g/mol. The number of hydrogen-bond donors (Lipinski definition) is 1. The molecule has 2 rings (SSSR count). The Hall–Kier alpha value is -0.930. The van der Waals surface area contributed by atoms with E-state index in [1.165, 1.54) is 6.07 Å². The fourth-order valence-electron chi connectivity index (χ4n) is 2.08. The average molecular weight is 208 g/mol. The minimum absolute atomic E-state index is 0.0922. The fraction of sp³-hybridized carbons (Fsp3) is 0.500. The van der Waals surface area contributed by atoms with Crippen molar-refractivity contribution in [2.24, 2.45) is 0 Å². The number of likely N-dealkylation sites (tertiary alicyclic amines) is 1. The maximum absolute atomic E-state index is 13.4. The topological polar surface area (TPSA) is 15.3 Å². The van der Waals surface area contributed by atoms with Crippen LogP contribution in [0.2, 0.25) is 0 Å². The van der Waals surface area contributed by atoms with Crippen LogP contribution in [-0.2, 0) is 6.54 Å². The molecule has 1 aliphatic heterocycles. The molecule has 1 saturated heterocycles. The first-order chi connectivity index (χ1) is 7.29. The van der Waals surface area contributed by atoms with Gasteiger partial charge in [-0.05, 0) is 19.5 Å². The van der Waals surface area contributed by atoms with E-state index < -0.39 is 0 Å². The van der Waals surface area contributed by atoms with E-state index in [1.807, 2.05) is 19.2 Å². The minimum Gasteiger partial charge on any atom is -0.316 e. The highest BCUT2D eigenvalue weighted by Gasteiger charge is 2.21. The lowest BCUT2D eigenvalue weighted by atomic mass is 10.2. The van der Waals surface area contributed by atoms with Crippen LogP contribution in [-0.4, -0.2) is 31.1 Å².